The van der Waals surface area contributed by atoms with Crippen LogP contribution in [0.3, 0.4) is 0 Å². The Hall–Kier alpha value is -3.72. The van der Waals surface area contributed by atoms with Crippen LogP contribution in [0.15, 0.2) is 36.4 Å². The van der Waals surface area contributed by atoms with E-state index in [-0.39, 0.29) is 55.3 Å². The summed E-state index contributed by atoms with van der Waals surface area (Å²) in [6, 6.07) is 8.02. The van der Waals surface area contributed by atoms with Crippen molar-refractivity contribution in [3.8, 4) is 17.2 Å². The van der Waals surface area contributed by atoms with Gasteiger partial charge in [-0.3, -0.25) is 14.3 Å². The number of ether oxygens (including phenoxy) is 4. The van der Waals surface area contributed by atoms with E-state index in [0.717, 1.165) is 6.07 Å². The second kappa shape index (κ2) is 12.3. The fourth-order valence-corrected chi connectivity index (χ4v) is 5.74. The van der Waals surface area contributed by atoms with Crippen molar-refractivity contribution in [2.45, 2.75) is 32.2 Å². The maximum atomic E-state index is 13.7. The predicted molar refractivity (Wildman–Crippen MR) is 145 cm³/mol. The molecular formula is C27H32F3N3O8S. The number of rotatable bonds is 5. The van der Waals surface area contributed by atoms with E-state index in [1.165, 1.54) is 31.2 Å². The van der Waals surface area contributed by atoms with Crippen LogP contribution in [0.1, 0.15) is 34.6 Å². The third kappa shape index (κ3) is 7.37. The topological polar surface area (TPSA) is 124 Å². The first kappa shape index (κ1) is 31.2. The zero-order chi connectivity index (χ0) is 30.8. The van der Waals surface area contributed by atoms with Crippen LogP contribution in [0.2, 0.25) is 0 Å². The third-order valence-electron chi connectivity index (χ3n) is 6.95. The van der Waals surface area contributed by atoms with Crippen molar-refractivity contribution < 1.29 is 50.1 Å². The largest absolute Gasteiger partial charge is 0.491 e. The number of nitrogens with zero attached hydrogens (tertiary/aromatic N) is 2. The highest BCUT2D eigenvalue weighted by molar-refractivity contribution is 7.92. The fourth-order valence-electron chi connectivity index (χ4n) is 4.75. The number of halogens is 3. The Balaban J connectivity index is 1.66. The molecule has 11 nitrogen and oxygen atoms in total. The van der Waals surface area contributed by atoms with Gasteiger partial charge in [0.05, 0.1) is 17.7 Å². The number of methoxy groups -OCH3 is 1. The van der Waals surface area contributed by atoms with Crippen molar-refractivity contribution in [2.75, 3.05) is 51.1 Å². The highest BCUT2D eigenvalue weighted by atomic mass is 32.2. The number of sulfonamides is 1. The molecule has 1 N–H and O–H groups in total. The third-order valence-corrected chi connectivity index (χ3v) is 8.21. The van der Waals surface area contributed by atoms with E-state index in [4.69, 9.17) is 18.9 Å². The normalized spacial score (nSPS) is 21.6. The van der Waals surface area contributed by atoms with Crippen LogP contribution in [-0.4, -0.2) is 94.8 Å². The van der Waals surface area contributed by atoms with Crippen LogP contribution in [-0.2, 0) is 14.8 Å². The Morgan fingerprint density at radius 3 is 2.43 bits per heavy atom. The van der Waals surface area contributed by atoms with E-state index in [1.54, 1.807) is 30.0 Å². The molecule has 0 aliphatic carbocycles. The van der Waals surface area contributed by atoms with Crippen LogP contribution >= 0.6 is 0 Å². The molecule has 2 aromatic rings. The summed E-state index contributed by atoms with van der Waals surface area (Å²) < 4.78 is 86.6. The van der Waals surface area contributed by atoms with E-state index >= 15 is 0 Å². The SMILES string of the molecule is CO[C@H]1CN(C)C(=O)c2cc(NS(=O)(=O)CC(F)(F)F)ccc2OC[C@@H](C)N(C(=O)c2ccc3c(c2)OCO3)C[C@@H]1C. The molecule has 230 valence electrons. The lowest BCUT2D eigenvalue weighted by molar-refractivity contribution is -0.106. The Bertz CT molecular complexity index is 1440. The van der Waals surface area contributed by atoms with Crippen LogP contribution in [0.5, 0.6) is 17.2 Å². The summed E-state index contributed by atoms with van der Waals surface area (Å²) in [6.07, 6.45) is -5.46. The molecule has 0 fully saturated rings. The van der Waals surface area contributed by atoms with Gasteiger partial charge in [0.2, 0.25) is 16.8 Å². The summed E-state index contributed by atoms with van der Waals surface area (Å²) in [6.45, 7) is 4.03. The molecule has 4 rings (SSSR count). The van der Waals surface area contributed by atoms with Gasteiger partial charge < -0.3 is 28.7 Å². The number of fused-ring (bicyclic) bond motifs is 2. The van der Waals surface area contributed by atoms with Crippen LogP contribution in [0, 0.1) is 5.92 Å². The summed E-state index contributed by atoms with van der Waals surface area (Å²) in [4.78, 5) is 30.2. The van der Waals surface area contributed by atoms with Gasteiger partial charge in [-0.15, -0.1) is 0 Å². The number of anilines is 1. The van der Waals surface area contributed by atoms with E-state index in [0.29, 0.717) is 17.1 Å². The number of alkyl halides is 3. The molecular weight excluding hydrogens is 583 g/mol. The quantitative estimate of drug-likeness (QED) is 0.543. The summed E-state index contributed by atoms with van der Waals surface area (Å²) >= 11 is 0. The van der Waals surface area contributed by atoms with E-state index < -0.39 is 40.0 Å². The molecule has 0 unspecified atom stereocenters. The lowest BCUT2D eigenvalue weighted by atomic mass is 10.0. The molecule has 2 aromatic carbocycles. The standard InChI is InChI=1S/C27H32F3N3O8S/c1-16-11-33(25(34)18-5-7-22-23(9-18)41-15-40-22)17(2)13-39-21-8-6-19(31-42(36,37)14-27(28,29)30)10-20(21)26(35)32(3)12-24(16)38-4/h5-10,16-17,24,31H,11-15H2,1-4H3/t16-,17+,24-/m0/s1. The highest BCUT2D eigenvalue weighted by Gasteiger charge is 2.36. The average molecular weight is 616 g/mol. The maximum Gasteiger partial charge on any atom is 0.404 e. The number of hydrogen-bond donors (Lipinski definition) is 1. The molecule has 0 saturated heterocycles. The molecule has 2 aliphatic rings. The minimum atomic E-state index is -4.95. The molecule has 0 bridgehead atoms. The molecule has 2 amide bonds. The van der Waals surface area contributed by atoms with Gasteiger partial charge in [-0.05, 0) is 43.3 Å². The molecule has 15 heteroatoms. The summed E-state index contributed by atoms with van der Waals surface area (Å²) in [5.74, 6) is -2.12. The van der Waals surface area contributed by atoms with Crippen molar-refractivity contribution in [2.24, 2.45) is 5.92 Å². The smallest absolute Gasteiger partial charge is 0.404 e. The minimum Gasteiger partial charge on any atom is -0.491 e. The second-order valence-electron chi connectivity index (χ2n) is 10.3. The Morgan fingerprint density at radius 2 is 1.74 bits per heavy atom. The predicted octanol–water partition coefficient (Wildman–Crippen LogP) is 3.37. The zero-order valence-electron chi connectivity index (χ0n) is 23.4. The van der Waals surface area contributed by atoms with E-state index in [1.807, 2.05) is 11.6 Å². The molecule has 2 aliphatic heterocycles. The van der Waals surface area contributed by atoms with Gasteiger partial charge >= 0.3 is 6.18 Å². The number of carbonyl (C=O) groups is 2. The molecule has 0 saturated carbocycles. The number of hydrogen-bond acceptors (Lipinski definition) is 8. The zero-order valence-corrected chi connectivity index (χ0v) is 24.3. The fraction of sp³-hybridized carbons (Fsp3) is 0.481. The number of carbonyl (C=O) groups excluding carboxylic acids is 2. The molecule has 3 atom stereocenters. The Kier molecular flexibility index (Phi) is 9.11. The summed E-state index contributed by atoms with van der Waals surface area (Å²) in [5, 5.41) is 0. The van der Waals surface area contributed by atoms with Crippen molar-refractivity contribution in [3.05, 3.63) is 47.5 Å². The summed E-state index contributed by atoms with van der Waals surface area (Å²) in [7, 11) is -1.79. The van der Waals surface area contributed by atoms with Gasteiger partial charge in [0, 0.05) is 44.4 Å². The number of benzene rings is 2. The minimum absolute atomic E-state index is 0.0518. The average Bonchev–Trinajstić information content (AvgIpc) is 3.38. The van der Waals surface area contributed by atoms with Gasteiger partial charge in [-0.25, -0.2) is 8.42 Å². The Morgan fingerprint density at radius 1 is 1.05 bits per heavy atom. The van der Waals surface area contributed by atoms with Crippen molar-refractivity contribution >= 4 is 27.5 Å². The molecule has 0 aromatic heterocycles. The highest BCUT2D eigenvalue weighted by Crippen LogP contribution is 2.33. The second-order valence-corrected chi connectivity index (χ2v) is 12.0. The van der Waals surface area contributed by atoms with Gasteiger partial charge in [0.25, 0.3) is 11.8 Å². The summed E-state index contributed by atoms with van der Waals surface area (Å²) in [5.41, 5.74) is 0.0660. The molecule has 0 radical (unpaired) electrons. The lowest BCUT2D eigenvalue weighted by Gasteiger charge is -2.36. The molecule has 0 spiro atoms. The van der Waals surface area contributed by atoms with Gasteiger partial charge in [-0.1, -0.05) is 6.92 Å². The van der Waals surface area contributed by atoms with E-state index in [9.17, 15) is 31.2 Å². The van der Waals surface area contributed by atoms with Crippen LogP contribution < -0.4 is 18.9 Å². The maximum absolute atomic E-state index is 13.7. The van der Waals surface area contributed by atoms with Gasteiger partial charge in [0.1, 0.15) is 12.4 Å². The van der Waals surface area contributed by atoms with E-state index in [2.05, 4.69) is 0 Å². The molecule has 42 heavy (non-hydrogen) atoms. The first-order chi connectivity index (χ1) is 19.7. The molecule has 2 heterocycles. The first-order valence-electron chi connectivity index (χ1n) is 13.0. The number of amides is 2. The monoisotopic (exact) mass is 615 g/mol. The number of likely N-dealkylation sites (N-methyl/N-ethyl adjacent to an activating group) is 1. The van der Waals surface area contributed by atoms with Crippen molar-refractivity contribution in [3.63, 3.8) is 0 Å². The van der Waals surface area contributed by atoms with Crippen molar-refractivity contribution in [1.29, 1.82) is 0 Å². The van der Waals surface area contributed by atoms with Gasteiger partial charge in [0.15, 0.2) is 17.3 Å². The lowest BCUT2D eigenvalue weighted by Crippen LogP contribution is -2.48. The van der Waals surface area contributed by atoms with Crippen LogP contribution in [0.25, 0.3) is 0 Å². The Labute approximate surface area is 241 Å². The van der Waals surface area contributed by atoms with Crippen molar-refractivity contribution in [1.82, 2.24) is 9.80 Å². The first-order valence-corrected chi connectivity index (χ1v) is 14.7. The van der Waals surface area contributed by atoms with Crippen LogP contribution in [0.4, 0.5) is 18.9 Å². The number of nitrogens with one attached hydrogen (secondary N) is 1. The van der Waals surface area contributed by atoms with Gasteiger partial charge in [-0.2, -0.15) is 13.2 Å².